The molecule has 0 radical (unpaired) electrons. The average Bonchev–Trinajstić information content (AvgIpc) is 3.86. The number of ether oxygens (including phenoxy) is 1. The van der Waals surface area contributed by atoms with Crippen molar-refractivity contribution in [2.24, 2.45) is 0 Å². The third-order valence-electron chi connectivity index (χ3n) is 13.4. The fourth-order valence-electron chi connectivity index (χ4n) is 9.33. The maximum Gasteiger partial charge on any atom is 0.337 e. The zero-order valence-corrected chi connectivity index (χ0v) is 38.8. The summed E-state index contributed by atoms with van der Waals surface area (Å²) in [6, 6.07) is 43.3. The van der Waals surface area contributed by atoms with Crippen LogP contribution in [0.1, 0.15) is 82.3 Å². The second kappa shape index (κ2) is 19.5. The van der Waals surface area contributed by atoms with Crippen LogP contribution < -0.4 is 5.32 Å². The monoisotopic (exact) mass is 880 g/mol. The van der Waals surface area contributed by atoms with Crippen molar-refractivity contribution in [3.8, 4) is 0 Å². The molecule has 4 heterocycles. The fourth-order valence-corrected chi connectivity index (χ4v) is 9.33. The second-order valence-electron chi connectivity index (χ2n) is 17.3. The third kappa shape index (κ3) is 9.17. The predicted octanol–water partition coefficient (Wildman–Crippen LogP) is 12.2. The molecule has 0 fully saturated rings. The first-order valence-corrected chi connectivity index (χ1v) is 22.5. The number of nitrogens with one attached hydrogen (secondary N) is 1. The zero-order chi connectivity index (χ0) is 46.6. The van der Waals surface area contributed by atoms with E-state index in [4.69, 9.17) is 4.74 Å². The first-order valence-electron chi connectivity index (χ1n) is 22.5. The molecule has 0 atom stereocenters. The van der Waals surface area contributed by atoms with Gasteiger partial charge >= 0.3 is 11.9 Å². The van der Waals surface area contributed by atoms with Crippen LogP contribution in [-0.2, 0) is 37.3 Å². The van der Waals surface area contributed by atoms with E-state index >= 15 is 0 Å². The van der Waals surface area contributed by atoms with Crippen molar-refractivity contribution in [1.82, 2.24) is 19.0 Å². The normalized spacial score (nSPS) is 12.1. The standard InChI is InChI=1S/C20H21NO2.C19H19NO2.C18H17FN2/c1-13-7-5-6-8-17(13)12-21-15(3)14(2)18-11-16(20(22)23-4)9-10-19(18)21;1-12-6-4-5-7-16(12)11-20-14(3)13(2)17-10-15(19(21)22)8-9-18(17)20;19-14-5-3-4-13(10-14)12-21-17-7-2-1-6-15(17)16-11-20-9-8-18(16)21/h5-11H,12H2,1-4H3;4-10H,11H2,1-3H3,(H,21,22);1-7,10,20H,8-9,11-12H2. The van der Waals surface area contributed by atoms with Gasteiger partial charge < -0.3 is 28.9 Å². The van der Waals surface area contributed by atoms with E-state index in [9.17, 15) is 19.1 Å². The molecular formula is C57H57FN4O4. The maximum absolute atomic E-state index is 13.4. The number of hydrogen-bond donors (Lipinski definition) is 2. The number of esters is 1. The lowest BCUT2D eigenvalue weighted by Crippen LogP contribution is -2.24. The van der Waals surface area contributed by atoms with Crippen molar-refractivity contribution < 1.29 is 23.8 Å². The predicted molar refractivity (Wildman–Crippen MR) is 265 cm³/mol. The number of aromatic carboxylic acids is 1. The minimum atomic E-state index is -0.884. The van der Waals surface area contributed by atoms with Gasteiger partial charge in [-0.3, -0.25) is 0 Å². The maximum atomic E-state index is 13.4. The summed E-state index contributed by atoms with van der Waals surface area (Å²) in [6.45, 7) is 16.9. The average molecular weight is 881 g/mol. The summed E-state index contributed by atoms with van der Waals surface area (Å²) in [5.74, 6) is -1.35. The molecule has 0 bridgehead atoms. The van der Waals surface area contributed by atoms with Gasteiger partial charge in [-0.05, 0) is 141 Å². The molecule has 3 aromatic heterocycles. The summed E-state index contributed by atoms with van der Waals surface area (Å²) in [7, 11) is 1.41. The van der Waals surface area contributed by atoms with Crippen molar-refractivity contribution in [3.05, 3.63) is 212 Å². The highest BCUT2D eigenvalue weighted by Gasteiger charge is 2.20. The van der Waals surface area contributed by atoms with Gasteiger partial charge in [-0.25, -0.2) is 14.0 Å². The Morgan fingerprint density at radius 1 is 0.606 bits per heavy atom. The Hall–Kier alpha value is -7.23. The van der Waals surface area contributed by atoms with E-state index in [2.05, 4.69) is 127 Å². The molecule has 2 N–H and O–H groups in total. The third-order valence-corrected chi connectivity index (χ3v) is 13.4. The topological polar surface area (TPSA) is 90.4 Å². The summed E-state index contributed by atoms with van der Waals surface area (Å²) < 4.78 is 25.2. The van der Waals surface area contributed by atoms with E-state index in [1.165, 1.54) is 74.5 Å². The molecular weight excluding hydrogens is 824 g/mol. The number of nitrogens with zero attached hydrogens (tertiary/aromatic N) is 3. The first-order chi connectivity index (χ1) is 31.8. The molecule has 0 amide bonds. The Kier molecular flexibility index (Phi) is 13.4. The molecule has 9 heteroatoms. The summed E-state index contributed by atoms with van der Waals surface area (Å²) >= 11 is 0. The number of halogens is 1. The van der Waals surface area contributed by atoms with Crippen LogP contribution in [0.4, 0.5) is 4.39 Å². The van der Waals surface area contributed by atoms with E-state index in [1.54, 1.807) is 24.3 Å². The molecule has 1 aliphatic rings. The minimum absolute atomic E-state index is 0.167. The highest BCUT2D eigenvalue weighted by Crippen LogP contribution is 2.31. The SMILES string of the molecule is COC(=O)c1ccc2c(c1)c(C)c(C)n2Cc1ccccc1C.Cc1ccccc1Cn1c(C)c(C)c2cc(C(=O)O)ccc21.Fc1cccc(Cn2c3c(c4ccccc42)CNCC3)c1. The van der Waals surface area contributed by atoms with Crippen LogP contribution in [0.2, 0.25) is 0 Å². The Bertz CT molecular complexity index is 3260. The van der Waals surface area contributed by atoms with Crippen LogP contribution in [0.15, 0.2) is 133 Å². The van der Waals surface area contributed by atoms with Gasteiger partial charge in [0.25, 0.3) is 0 Å². The lowest BCUT2D eigenvalue weighted by molar-refractivity contribution is 0.0600. The minimum Gasteiger partial charge on any atom is -0.478 e. The van der Waals surface area contributed by atoms with Gasteiger partial charge in [0.05, 0.1) is 18.2 Å². The van der Waals surface area contributed by atoms with Crippen molar-refractivity contribution in [2.75, 3.05) is 13.7 Å². The molecule has 0 aliphatic carbocycles. The molecule has 66 heavy (non-hydrogen) atoms. The van der Waals surface area contributed by atoms with Crippen LogP contribution in [0.3, 0.4) is 0 Å². The number of carboxylic acids is 1. The number of carboxylic acid groups (broad SMARTS) is 1. The number of carbonyl (C=O) groups excluding carboxylic acids is 1. The number of hydrogen-bond acceptors (Lipinski definition) is 4. The number of rotatable bonds is 8. The Morgan fingerprint density at radius 3 is 1.73 bits per heavy atom. The van der Waals surface area contributed by atoms with Crippen molar-refractivity contribution >= 4 is 44.6 Å². The molecule has 10 rings (SSSR count). The van der Waals surface area contributed by atoms with E-state index in [1.807, 2.05) is 36.4 Å². The van der Waals surface area contributed by atoms with Crippen molar-refractivity contribution in [1.29, 1.82) is 0 Å². The quantitative estimate of drug-likeness (QED) is 0.148. The number of aromatic nitrogens is 3. The number of benzene rings is 6. The highest BCUT2D eigenvalue weighted by atomic mass is 19.1. The molecule has 0 unspecified atom stereocenters. The molecule has 0 saturated heterocycles. The van der Waals surface area contributed by atoms with Crippen LogP contribution in [0, 0.1) is 47.4 Å². The van der Waals surface area contributed by atoms with Gasteiger partial charge in [-0.15, -0.1) is 0 Å². The van der Waals surface area contributed by atoms with Gasteiger partial charge in [-0.2, -0.15) is 0 Å². The highest BCUT2D eigenvalue weighted by molar-refractivity contribution is 5.97. The van der Waals surface area contributed by atoms with Crippen LogP contribution in [-0.4, -0.2) is 44.4 Å². The number of fused-ring (bicyclic) bond motifs is 5. The molecule has 1 aliphatic heterocycles. The van der Waals surface area contributed by atoms with Gasteiger partial charge in [-0.1, -0.05) is 78.9 Å². The van der Waals surface area contributed by atoms with Crippen LogP contribution in [0.5, 0.6) is 0 Å². The zero-order valence-electron chi connectivity index (χ0n) is 38.8. The van der Waals surface area contributed by atoms with E-state index in [-0.39, 0.29) is 11.8 Å². The Morgan fingerprint density at radius 2 is 1.15 bits per heavy atom. The number of aryl methyl sites for hydroxylation is 4. The van der Waals surface area contributed by atoms with Crippen molar-refractivity contribution in [3.63, 3.8) is 0 Å². The molecule has 8 nitrogen and oxygen atoms in total. The molecule has 0 spiro atoms. The smallest absolute Gasteiger partial charge is 0.337 e. The van der Waals surface area contributed by atoms with Gasteiger partial charge in [0, 0.05) is 88.9 Å². The van der Waals surface area contributed by atoms with Crippen LogP contribution in [0.25, 0.3) is 32.7 Å². The van der Waals surface area contributed by atoms with Crippen LogP contribution >= 0.6 is 0 Å². The lowest BCUT2D eigenvalue weighted by Gasteiger charge is -2.17. The Labute approximate surface area is 385 Å². The Balaban J connectivity index is 0.000000135. The van der Waals surface area contributed by atoms with Gasteiger partial charge in [0.1, 0.15) is 5.82 Å². The molecule has 336 valence electrons. The summed E-state index contributed by atoms with van der Waals surface area (Å²) in [5, 5.41) is 16.1. The molecule has 6 aromatic carbocycles. The number of carbonyl (C=O) groups is 2. The van der Waals surface area contributed by atoms with E-state index in [0.29, 0.717) is 11.1 Å². The van der Waals surface area contributed by atoms with Gasteiger partial charge in [0.15, 0.2) is 0 Å². The summed E-state index contributed by atoms with van der Waals surface area (Å²) in [5.41, 5.74) is 18.1. The lowest BCUT2D eigenvalue weighted by atomic mass is 10.1. The number of methoxy groups -OCH3 is 1. The number of para-hydroxylation sites is 1. The fraction of sp³-hybridized carbons (Fsp3) is 0.228. The largest absolute Gasteiger partial charge is 0.478 e. The van der Waals surface area contributed by atoms with Crippen molar-refractivity contribution in [2.45, 2.75) is 74.1 Å². The molecule has 9 aromatic rings. The van der Waals surface area contributed by atoms with E-state index < -0.39 is 5.97 Å². The van der Waals surface area contributed by atoms with E-state index in [0.717, 1.165) is 72.1 Å². The van der Waals surface area contributed by atoms with Gasteiger partial charge in [0.2, 0.25) is 0 Å². The first kappa shape index (κ1) is 45.3. The summed E-state index contributed by atoms with van der Waals surface area (Å²) in [6.07, 6.45) is 1.03. The summed E-state index contributed by atoms with van der Waals surface area (Å²) in [4.78, 5) is 22.9. The second-order valence-corrected chi connectivity index (χ2v) is 17.3. The molecule has 0 saturated carbocycles.